The van der Waals surface area contributed by atoms with E-state index in [1.54, 1.807) is 13.2 Å². The molecule has 1 unspecified atom stereocenters. The Labute approximate surface area is 113 Å². The highest BCUT2D eigenvalue weighted by Crippen LogP contribution is 2.20. The largest absolute Gasteiger partial charge is 0.481 e. The van der Waals surface area contributed by atoms with Gasteiger partial charge in [-0.3, -0.25) is 0 Å². The molecule has 19 heavy (non-hydrogen) atoms. The molecule has 0 saturated carbocycles. The number of rotatable bonds is 5. The fourth-order valence-corrected chi connectivity index (χ4v) is 1.88. The summed E-state index contributed by atoms with van der Waals surface area (Å²) in [5, 5.41) is 3.34. The van der Waals surface area contributed by atoms with Gasteiger partial charge in [0.25, 0.3) is 0 Å². The third-order valence-corrected chi connectivity index (χ3v) is 3.10. The lowest BCUT2D eigenvalue weighted by molar-refractivity contribution is 0.397. The van der Waals surface area contributed by atoms with Crippen molar-refractivity contribution in [2.75, 3.05) is 12.4 Å². The minimum atomic E-state index is 0.186. The third-order valence-electron chi connectivity index (χ3n) is 3.10. The lowest BCUT2D eigenvalue weighted by Gasteiger charge is -2.15. The standard InChI is InChI=1S/C15H19N3O/c1-4-12-5-7-13(8-6-12)11(2)18-14-9-15(19-3)17-10-16-14/h5-11H,4H2,1-3H3,(H,16,17,18). The second-order valence-electron chi connectivity index (χ2n) is 4.41. The molecule has 1 aromatic carbocycles. The molecular weight excluding hydrogens is 238 g/mol. The van der Waals surface area contributed by atoms with Crippen LogP contribution in [0.1, 0.15) is 31.0 Å². The summed E-state index contributed by atoms with van der Waals surface area (Å²) in [5.74, 6) is 1.32. The average Bonchev–Trinajstić information content (AvgIpc) is 2.47. The predicted molar refractivity (Wildman–Crippen MR) is 76.4 cm³/mol. The monoisotopic (exact) mass is 257 g/mol. The number of anilines is 1. The van der Waals surface area contributed by atoms with Crippen LogP contribution in [0.25, 0.3) is 0 Å². The second kappa shape index (κ2) is 6.18. The van der Waals surface area contributed by atoms with E-state index < -0.39 is 0 Å². The maximum Gasteiger partial charge on any atom is 0.218 e. The van der Waals surface area contributed by atoms with Gasteiger partial charge in [-0.1, -0.05) is 31.2 Å². The molecule has 1 N–H and O–H groups in total. The molecule has 0 spiro atoms. The minimum absolute atomic E-state index is 0.186. The van der Waals surface area contributed by atoms with Crippen LogP contribution in [0, 0.1) is 0 Å². The highest BCUT2D eigenvalue weighted by Gasteiger charge is 2.06. The number of hydrogen-bond acceptors (Lipinski definition) is 4. The Balaban J connectivity index is 2.08. The molecule has 0 aliphatic heterocycles. The fraction of sp³-hybridized carbons (Fsp3) is 0.333. The molecule has 4 nitrogen and oxygen atoms in total. The van der Waals surface area contributed by atoms with Crippen LogP contribution in [0.15, 0.2) is 36.7 Å². The molecule has 0 fully saturated rings. The molecule has 4 heteroatoms. The van der Waals surface area contributed by atoms with E-state index in [1.807, 2.05) is 0 Å². The quantitative estimate of drug-likeness (QED) is 0.893. The molecule has 1 atom stereocenters. The van der Waals surface area contributed by atoms with Crippen molar-refractivity contribution in [2.45, 2.75) is 26.3 Å². The molecule has 2 aromatic rings. The lowest BCUT2D eigenvalue weighted by atomic mass is 10.1. The zero-order valence-electron chi connectivity index (χ0n) is 11.6. The Hall–Kier alpha value is -2.10. The van der Waals surface area contributed by atoms with Gasteiger partial charge < -0.3 is 10.1 Å². The molecule has 0 amide bonds. The number of ether oxygens (including phenoxy) is 1. The number of benzene rings is 1. The van der Waals surface area contributed by atoms with Crippen LogP contribution < -0.4 is 10.1 Å². The number of aryl methyl sites for hydroxylation is 1. The van der Waals surface area contributed by atoms with Crippen molar-refractivity contribution in [3.05, 3.63) is 47.8 Å². The SMILES string of the molecule is CCc1ccc(C(C)Nc2cc(OC)ncn2)cc1. The van der Waals surface area contributed by atoms with Gasteiger partial charge in [-0.2, -0.15) is 0 Å². The zero-order valence-corrected chi connectivity index (χ0v) is 11.6. The Morgan fingerprint density at radius 3 is 2.58 bits per heavy atom. The van der Waals surface area contributed by atoms with Gasteiger partial charge >= 0.3 is 0 Å². The van der Waals surface area contributed by atoms with Gasteiger partial charge in [0.15, 0.2) is 0 Å². The molecule has 0 aliphatic rings. The summed E-state index contributed by atoms with van der Waals surface area (Å²) in [7, 11) is 1.60. The maximum atomic E-state index is 5.08. The number of hydrogen-bond donors (Lipinski definition) is 1. The normalized spacial score (nSPS) is 11.9. The smallest absolute Gasteiger partial charge is 0.218 e. The van der Waals surface area contributed by atoms with E-state index in [0.717, 1.165) is 12.2 Å². The first-order chi connectivity index (χ1) is 9.22. The highest BCUT2D eigenvalue weighted by molar-refractivity contribution is 5.40. The Morgan fingerprint density at radius 1 is 1.21 bits per heavy atom. The molecular formula is C15H19N3O. The van der Waals surface area contributed by atoms with Crippen molar-refractivity contribution >= 4 is 5.82 Å². The second-order valence-corrected chi connectivity index (χ2v) is 4.41. The minimum Gasteiger partial charge on any atom is -0.481 e. The van der Waals surface area contributed by atoms with Gasteiger partial charge in [-0.15, -0.1) is 0 Å². The average molecular weight is 257 g/mol. The molecule has 100 valence electrons. The first-order valence-corrected chi connectivity index (χ1v) is 6.44. The molecule has 0 aliphatic carbocycles. The van der Waals surface area contributed by atoms with Gasteiger partial charge in [0, 0.05) is 12.1 Å². The van der Waals surface area contributed by atoms with Crippen LogP contribution >= 0.6 is 0 Å². The van der Waals surface area contributed by atoms with Gasteiger partial charge in [-0.05, 0) is 24.5 Å². The van der Waals surface area contributed by atoms with Crippen molar-refractivity contribution in [1.29, 1.82) is 0 Å². The third kappa shape index (κ3) is 3.44. The number of aromatic nitrogens is 2. The molecule has 2 rings (SSSR count). The maximum absolute atomic E-state index is 5.08. The molecule has 0 bridgehead atoms. The Morgan fingerprint density at radius 2 is 1.95 bits per heavy atom. The summed E-state index contributed by atoms with van der Waals surface area (Å²) in [6.07, 6.45) is 2.55. The summed E-state index contributed by atoms with van der Waals surface area (Å²) in [4.78, 5) is 8.17. The molecule has 0 radical (unpaired) electrons. The van der Waals surface area contributed by atoms with Gasteiger partial charge in [0.2, 0.25) is 5.88 Å². The van der Waals surface area contributed by atoms with Crippen LogP contribution in [0.3, 0.4) is 0 Å². The van der Waals surface area contributed by atoms with Crippen molar-refractivity contribution in [2.24, 2.45) is 0 Å². The first-order valence-electron chi connectivity index (χ1n) is 6.44. The summed E-state index contributed by atoms with van der Waals surface area (Å²) in [5.41, 5.74) is 2.58. The number of nitrogens with one attached hydrogen (secondary N) is 1. The topological polar surface area (TPSA) is 47.0 Å². The fourth-order valence-electron chi connectivity index (χ4n) is 1.88. The van der Waals surface area contributed by atoms with Crippen LogP contribution in [-0.4, -0.2) is 17.1 Å². The predicted octanol–water partition coefficient (Wildman–Crippen LogP) is 3.22. The zero-order chi connectivity index (χ0) is 13.7. The van der Waals surface area contributed by atoms with Gasteiger partial charge in [0.05, 0.1) is 7.11 Å². The van der Waals surface area contributed by atoms with E-state index >= 15 is 0 Å². The van der Waals surface area contributed by atoms with E-state index in [-0.39, 0.29) is 6.04 Å². The summed E-state index contributed by atoms with van der Waals surface area (Å²) >= 11 is 0. The first kappa shape index (κ1) is 13.3. The van der Waals surface area contributed by atoms with Gasteiger partial charge in [-0.25, -0.2) is 9.97 Å². The number of methoxy groups -OCH3 is 1. The van der Waals surface area contributed by atoms with Crippen molar-refractivity contribution in [3.8, 4) is 5.88 Å². The van der Waals surface area contributed by atoms with Crippen molar-refractivity contribution in [1.82, 2.24) is 9.97 Å². The van der Waals surface area contributed by atoms with Crippen LogP contribution in [0.2, 0.25) is 0 Å². The molecule has 0 saturated heterocycles. The summed E-state index contributed by atoms with van der Waals surface area (Å²) in [6.45, 7) is 4.26. The van der Waals surface area contributed by atoms with Crippen molar-refractivity contribution < 1.29 is 4.74 Å². The number of nitrogens with zero attached hydrogens (tertiary/aromatic N) is 2. The Bertz CT molecular complexity index is 525. The summed E-state index contributed by atoms with van der Waals surface area (Å²) < 4.78 is 5.08. The lowest BCUT2D eigenvalue weighted by Crippen LogP contribution is -2.08. The van der Waals surface area contributed by atoms with E-state index in [4.69, 9.17) is 4.74 Å². The Kier molecular flexibility index (Phi) is 4.34. The van der Waals surface area contributed by atoms with Crippen LogP contribution in [0.4, 0.5) is 5.82 Å². The van der Waals surface area contributed by atoms with Gasteiger partial charge in [0.1, 0.15) is 12.1 Å². The van der Waals surface area contributed by atoms with E-state index in [1.165, 1.54) is 17.5 Å². The van der Waals surface area contributed by atoms with Crippen molar-refractivity contribution in [3.63, 3.8) is 0 Å². The van der Waals surface area contributed by atoms with E-state index in [2.05, 4.69) is 53.4 Å². The van der Waals surface area contributed by atoms with Crippen LogP contribution in [-0.2, 0) is 6.42 Å². The molecule has 1 heterocycles. The summed E-state index contributed by atoms with van der Waals surface area (Å²) in [6, 6.07) is 10.6. The van der Waals surface area contributed by atoms with Crippen LogP contribution in [0.5, 0.6) is 5.88 Å². The highest BCUT2D eigenvalue weighted by atomic mass is 16.5. The molecule has 1 aromatic heterocycles. The van der Waals surface area contributed by atoms with E-state index in [0.29, 0.717) is 5.88 Å². The van der Waals surface area contributed by atoms with E-state index in [9.17, 15) is 0 Å².